The molecule has 2 aromatic rings. The Labute approximate surface area is 344 Å². The van der Waals surface area contributed by atoms with Crippen LogP contribution in [0.5, 0.6) is 11.5 Å². The van der Waals surface area contributed by atoms with Crippen LogP contribution in [0.2, 0.25) is 0 Å². The average molecular weight is 801 g/mol. The fraction of sp³-hybridized carbons (Fsp3) is 0.735. The predicted molar refractivity (Wildman–Crippen MR) is 237 cm³/mol. The van der Waals surface area contributed by atoms with Gasteiger partial charge in [0, 0.05) is 16.7 Å². The molecule has 2 unspecified atom stereocenters. The molecule has 0 heterocycles. The molecule has 0 aliphatic heterocycles. The molecule has 5 nitrogen and oxygen atoms in total. The van der Waals surface area contributed by atoms with Gasteiger partial charge >= 0.3 is 14.6 Å². The highest BCUT2D eigenvalue weighted by atomic mass is 31.2. The van der Waals surface area contributed by atoms with Gasteiger partial charge in [-0.05, 0) is 56.7 Å². The Morgan fingerprint density at radius 3 is 1.41 bits per heavy atom. The quantitative estimate of drug-likeness (QED) is 0.0601. The van der Waals surface area contributed by atoms with Crippen LogP contribution in [-0.2, 0) is 35.9 Å². The van der Waals surface area contributed by atoms with Crippen LogP contribution in [0, 0.1) is 0 Å². The molecule has 7 heteroatoms. The maximum absolute atomic E-state index is 14.5. The van der Waals surface area contributed by atoms with Gasteiger partial charge in [0.05, 0.1) is 12.5 Å². The van der Waals surface area contributed by atoms with Crippen LogP contribution in [0.25, 0.3) is 0 Å². The summed E-state index contributed by atoms with van der Waals surface area (Å²) in [4.78, 5) is 13.4. The molecule has 320 valence electrons. The fourth-order valence-electron chi connectivity index (χ4n) is 7.06. The Kier molecular flexibility index (Phi) is 20.9. The van der Waals surface area contributed by atoms with Crippen molar-refractivity contribution in [1.29, 1.82) is 0 Å². The molecule has 2 atom stereocenters. The molecule has 0 N–H and O–H groups in total. The monoisotopic (exact) mass is 801 g/mol. The minimum absolute atomic E-state index is 0.0591. The van der Waals surface area contributed by atoms with E-state index in [2.05, 4.69) is 101 Å². The number of carbonyl (C=O) groups is 1. The first-order valence-electron chi connectivity index (χ1n) is 22.1. The Morgan fingerprint density at radius 1 is 0.589 bits per heavy atom. The normalized spacial score (nSPS) is 13.8. The first kappa shape index (κ1) is 50.0. The summed E-state index contributed by atoms with van der Waals surface area (Å²) in [5.74, 6) is 0.347. The Bertz CT molecular complexity index is 1410. The number of rotatable bonds is 24. The SMILES string of the molecule is CCCCCCCCCCCCCCCCCCOC(=O)C(C)c1cc(C(C)(C)C)c(OP(OF)Oc2ccc(C(C)(C)C)cc2C(C)(C)C)c(C(C)(C)C)c1. The summed E-state index contributed by atoms with van der Waals surface area (Å²) < 4.78 is 37.4. The van der Waals surface area contributed by atoms with E-state index in [1.54, 1.807) is 0 Å². The lowest BCUT2D eigenvalue weighted by molar-refractivity contribution is -0.145. The van der Waals surface area contributed by atoms with E-state index < -0.39 is 25.4 Å². The van der Waals surface area contributed by atoms with Crippen molar-refractivity contribution in [3.63, 3.8) is 0 Å². The van der Waals surface area contributed by atoms with E-state index in [9.17, 15) is 9.32 Å². The third-order valence-electron chi connectivity index (χ3n) is 10.9. The third kappa shape index (κ3) is 17.4. The Hall–Kier alpha value is -2.17. The molecule has 0 fully saturated rings. The van der Waals surface area contributed by atoms with Gasteiger partial charge in [0.2, 0.25) is 0 Å². The number of unbranched alkanes of at least 4 members (excludes halogenated alkanes) is 15. The molecule has 0 bridgehead atoms. The summed E-state index contributed by atoms with van der Waals surface area (Å²) in [6.45, 7) is 30.0. The summed E-state index contributed by atoms with van der Waals surface area (Å²) in [5.41, 5.74) is 3.55. The molecule has 0 aromatic heterocycles. The number of hydrogen-bond donors (Lipinski definition) is 0. The van der Waals surface area contributed by atoms with E-state index in [-0.39, 0.29) is 16.8 Å². The van der Waals surface area contributed by atoms with E-state index >= 15 is 0 Å². The first-order chi connectivity index (χ1) is 26.1. The molecule has 0 radical (unpaired) electrons. The number of benzene rings is 2. The second kappa shape index (κ2) is 23.4. The molecule has 0 saturated heterocycles. The minimum Gasteiger partial charge on any atom is -0.465 e. The molecule has 0 aliphatic carbocycles. The van der Waals surface area contributed by atoms with E-state index in [1.165, 1.54) is 95.5 Å². The fourth-order valence-corrected chi connectivity index (χ4v) is 7.82. The second-order valence-electron chi connectivity index (χ2n) is 20.3. The van der Waals surface area contributed by atoms with Gasteiger partial charge < -0.3 is 13.8 Å². The Morgan fingerprint density at radius 2 is 1.02 bits per heavy atom. The maximum atomic E-state index is 14.5. The first-order valence-corrected chi connectivity index (χ1v) is 23.2. The largest absolute Gasteiger partial charge is 0.497 e. The lowest BCUT2D eigenvalue weighted by Crippen LogP contribution is -2.22. The van der Waals surface area contributed by atoms with Gasteiger partial charge in [-0.2, -0.15) is 0 Å². The van der Waals surface area contributed by atoms with E-state index in [1.807, 2.05) is 31.2 Å². The lowest BCUT2D eigenvalue weighted by Gasteiger charge is -2.32. The van der Waals surface area contributed by atoms with Crippen molar-refractivity contribution in [2.75, 3.05) is 6.61 Å². The summed E-state index contributed by atoms with van der Waals surface area (Å²) >= 11 is 0. The van der Waals surface area contributed by atoms with Crippen LogP contribution in [-0.4, -0.2) is 12.6 Å². The topological polar surface area (TPSA) is 54.0 Å². The standard InChI is InChI=1S/C49H82FO5P/c1-15-16-17-18-19-20-21-22-23-24-25-26-27-28-29-30-33-52-45(51)37(2)38-34-41(48(9,10)11)44(42(35-38)49(12,13)14)54-56(55-50)53-43-32-31-39(46(3,4)5)36-40(43)47(6,7)8/h31-32,34-37H,15-30,33H2,1-14H3. The summed E-state index contributed by atoms with van der Waals surface area (Å²) in [7, 11) is -2.46. The van der Waals surface area contributed by atoms with Gasteiger partial charge in [0.1, 0.15) is 11.5 Å². The number of hydrogen-bond acceptors (Lipinski definition) is 5. The molecule has 0 amide bonds. The molecule has 0 aliphatic rings. The van der Waals surface area contributed by atoms with E-state index in [0.717, 1.165) is 35.1 Å². The van der Waals surface area contributed by atoms with Crippen LogP contribution in [0.15, 0.2) is 30.3 Å². The van der Waals surface area contributed by atoms with E-state index in [0.29, 0.717) is 18.1 Å². The van der Waals surface area contributed by atoms with Crippen molar-refractivity contribution in [2.24, 2.45) is 0 Å². The summed E-state index contributed by atoms with van der Waals surface area (Å²) in [5, 5.41) is 0. The third-order valence-corrected chi connectivity index (χ3v) is 11.7. The van der Waals surface area contributed by atoms with Crippen molar-refractivity contribution >= 4 is 14.6 Å². The number of esters is 1. The number of ether oxygens (including phenoxy) is 1. The highest BCUT2D eigenvalue weighted by molar-refractivity contribution is 7.42. The molecule has 2 rings (SSSR count). The molecule has 0 spiro atoms. The second-order valence-corrected chi connectivity index (χ2v) is 21.3. The van der Waals surface area contributed by atoms with Gasteiger partial charge in [-0.15, -0.1) is 0 Å². The van der Waals surface area contributed by atoms with Crippen LogP contribution >= 0.6 is 8.60 Å². The highest BCUT2D eigenvalue weighted by Crippen LogP contribution is 2.51. The van der Waals surface area contributed by atoms with Gasteiger partial charge in [-0.3, -0.25) is 4.79 Å². The van der Waals surface area contributed by atoms with Crippen molar-refractivity contribution in [2.45, 2.75) is 227 Å². The molecule has 2 aromatic carbocycles. The molecular formula is C49H82FO5P. The van der Waals surface area contributed by atoms with Gasteiger partial charge in [0.25, 0.3) is 0 Å². The highest BCUT2D eigenvalue weighted by Gasteiger charge is 2.34. The zero-order valence-electron chi connectivity index (χ0n) is 38.4. The lowest BCUT2D eigenvalue weighted by atomic mass is 9.77. The zero-order chi connectivity index (χ0) is 42.2. The van der Waals surface area contributed by atoms with Crippen molar-refractivity contribution < 1.29 is 27.8 Å². The smallest absolute Gasteiger partial charge is 0.465 e. The van der Waals surface area contributed by atoms with Crippen LogP contribution in [0.1, 0.15) is 233 Å². The van der Waals surface area contributed by atoms with E-state index in [4.69, 9.17) is 13.8 Å². The molecule has 56 heavy (non-hydrogen) atoms. The van der Waals surface area contributed by atoms with Crippen LogP contribution < -0.4 is 9.05 Å². The maximum Gasteiger partial charge on any atom is 0.497 e. The van der Waals surface area contributed by atoms with Crippen LogP contribution in [0.3, 0.4) is 0 Å². The predicted octanol–water partition coefficient (Wildman–Crippen LogP) is 16.4. The molecular weight excluding hydrogens is 719 g/mol. The minimum atomic E-state index is -2.46. The Balaban J connectivity index is 2.05. The average Bonchev–Trinajstić information content (AvgIpc) is 3.10. The molecule has 0 saturated carbocycles. The van der Waals surface area contributed by atoms with Gasteiger partial charge in [-0.1, -0.05) is 215 Å². The number of carbonyl (C=O) groups excluding carboxylic acids is 1. The zero-order valence-corrected chi connectivity index (χ0v) is 39.2. The van der Waals surface area contributed by atoms with Crippen LogP contribution in [0.4, 0.5) is 4.53 Å². The number of halogens is 1. The van der Waals surface area contributed by atoms with Gasteiger partial charge in [0.15, 0.2) is 0 Å². The summed E-state index contributed by atoms with van der Waals surface area (Å²) in [6, 6.07) is 10.1. The van der Waals surface area contributed by atoms with Crippen molar-refractivity contribution in [3.05, 3.63) is 58.1 Å². The van der Waals surface area contributed by atoms with Gasteiger partial charge in [-0.25, -0.2) is 0 Å². The summed E-state index contributed by atoms with van der Waals surface area (Å²) in [6.07, 6.45) is 20.9. The van der Waals surface area contributed by atoms with Crippen molar-refractivity contribution in [3.8, 4) is 11.5 Å². The van der Waals surface area contributed by atoms with Crippen molar-refractivity contribution in [1.82, 2.24) is 0 Å².